The van der Waals surface area contributed by atoms with E-state index in [4.69, 9.17) is 14.2 Å². The molecule has 2 fully saturated rings. The van der Waals surface area contributed by atoms with Crippen molar-refractivity contribution in [1.29, 1.82) is 0 Å². The van der Waals surface area contributed by atoms with E-state index in [1.54, 1.807) is 12.1 Å². The normalized spacial score (nSPS) is 25.9. The van der Waals surface area contributed by atoms with Crippen LogP contribution in [0.4, 0.5) is 0 Å². The molecule has 0 bridgehead atoms. The molecule has 2 amide bonds. The number of aryl methyl sites for hydroxylation is 2. The number of fused-ring (bicyclic) bond motifs is 1. The minimum absolute atomic E-state index is 0.162. The summed E-state index contributed by atoms with van der Waals surface area (Å²) in [4.78, 5) is 25.2. The summed E-state index contributed by atoms with van der Waals surface area (Å²) in [5, 5.41) is 5.90. The van der Waals surface area contributed by atoms with Crippen molar-refractivity contribution in [2.45, 2.75) is 51.3 Å². The van der Waals surface area contributed by atoms with E-state index < -0.39 is 17.5 Å². The third-order valence-corrected chi connectivity index (χ3v) is 6.07. The lowest BCUT2D eigenvalue weighted by Crippen LogP contribution is -2.52. The number of carbonyl (C=O) groups excluding carboxylic acids is 2. The van der Waals surface area contributed by atoms with Crippen molar-refractivity contribution < 1.29 is 23.8 Å². The summed E-state index contributed by atoms with van der Waals surface area (Å²) in [7, 11) is 0. The lowest BCUT2D eigenvalue weighted by Gasteiger charge is -2.27. The van der Waals surface area contributed by atoms with E-state index in [0.717, 1.165) is 11.1 Å². The smallest absolute Gasteiger partial charge is 0.251 e. The highest BCUT2D eigenvalue weighted by atomic mass is 16.8. The lowest BCUT2D eigenvalue weighted by atomic mass is 9.96. The molecule has 2 aliphatic heterocycles. The van der Waals surface area contributed by atoms with Crippen LogP contribution in [0.2, 0.25) is 0 Å². The van der Waals surface area contributed by atoms with Crippen LogP contribution in [0.1, 0.15) is 45.7 Å². The van der Waals surface area contributed by atoms with Gasteiger partial charge in [-0.15, -0.1) is 0 Å². The van der Waals surface area contributed by atoms with E-state index in [-0.39, 0.29) is 37.6 Å². The van der Waals surface area contributed by atoms with Gasteiger partial charge in [-0.05, 0) is 63.1 Å². The predicted molar refractivity (Wildman–Crippen MR) is 120 cm³/mol. The molecule has 4 rings (SSSR count). The molecule has 0 aromatic heterocycles. The van der Waals surface area contributed by atoms with Crippen LogP contribution in [0.15, 0.2) is 48.5 Å². The standard InChI is InChI=1S/C25H30N2O5/c1-16-10-11-19(12-17(16)2)23(29)26-13-20-21-25(15-30-20,32-24(3,4)31-21)14-27-22(28)18-8-6-5-7-9-18/h5-12,20-21H,13-15H2,1-4H3,(H,26,29)(H,27,28)/t20-,21-,25+/m1/s1. The highest BCUT2D eigenvalue weighted by Gasteiger charge is 2.61. The van der Waals surface area contributed by atoms with Gasteiger partial charge in [0.05, 0.1) is 13.2 Å². The summed E-state index contributed by atoms with van der Waals surface area (Å²) < 4.78 is 18.3. The van der Waals surface area contributed by atoms with E-state index >= 15 is 0 Å². The summed E-state index contributed by atoms with van der Waals surface area (Å²) in [5.74, 6) is -1.16. The summed E-state index contributed by atoms with van der Waals surface area (Å²) >= 11 is 0. The van der Waals surface area contributed by atoms with Gasteiger partial charge in [0.1, 0.15) is 17.8 Å². The largest absolute Gasteiger partial charge is 0.370 e. The van der Waals surface area contributed by atoms with Crippen molar-refractivity contribution in [3.05, 3.63) is 70.8 Å². The fourth-order valence-corrected chi connectivity index (χ4v) is 4.30. The maximum absolute atomic E-state index is 12.6. The molecule has 7 nitrogen and oxygen atoms in total. The molecule has 2 aliphatic rings. The third-order valence-electron chi connectivity index (χ3n) is 6.07. The second kappa shape index (κ2) is 8.65. The van der Waals surface area contributed by atoms with Gasteiger partial charge in [0.15, 0.2) is 5.79 Å². The van der Waals surface area contributed by atoms with Crippen LogP contribution >= 0.6 is 0 Å². The average molecular weight is 439 g/mol. The van der Waals surface area contributed by atoms with Crippen molar-refractivity contribution in [2.75, 3.05) is 19.7 Å². The molecule has 0 unspecified atom stereocenters. The Morgan fingerprint density at radius 2 is 1.69 bits per heavy atom. The Bertz CT molecular complexity index is 1010. The summed E-state index contributed by atoms with van der Waals surface area (Å²) in [6, 6.07) is 14.7. The molecule has 2 aromatic rings. The minimum atomic E-state index is -0.817. The van der Waals surface area contributed by atoms with Crippen molar-refractivity contribution in [3.63, 3.8) is 0 Å². The molecule has 170 valence electrons. The summed E-state index contributed by atoms with van der Waals surface area (Å²) in [5.41, 5.74) is 2.58. The van der Waals surface area contributed by atoms with Crippen molar-refractivity contribution in [2.24, 2.45) is 0 Å². The number of rotatable bonds is 6. The first-order valence-electron chi connectivity index (χ1n) is 10.9. The Labute approximate surface area is 188 Å². The van der Waals surface area contributed by atoms with Crippen LogP contribution < -0.4 is 10.6 Å². The Morgan fingerprint density at radius 3 is 2.41 bits per heavy atom. The summed E-state index contributed by atoms with van der Waals surface area (Å²) in [6.45, 7) is 8.48. The molecule has 0 saturated carbocycles. The van der Waals surface area contributed by atoms with Crippen molar-refractivity contribution in [3.8, 4) is 0 Å². The third kappa shape index (κ3) is 4.55. The zero-order valence-corrected chi connectivity index (χ0v) is 18.9. The van der Waals surface area contributed by atoms with Gasteiger partial charge in [0, 0.05) is 17.7 Å². The number of hydrogen-bond acceptors (Lipinski definition) is 5. The van der Waals surface area contributed by atoms with Crippen LogP contribution in [-0.2, 0) is 14.2 Å². The summed E-state index contributed by atoms with van der Waals surface area (Å²) in [6.07, 6.45) is -0.811. The van der Waals surface area contributed by atoms with E-state index in [0.29, 0.717) is 11.1 Å². The molecule has 2 aromatic carbocycles. The van der Waals surface area contributed by atoms with Gasteiger partial charge in [0.25, 0.3) is 11.8 Å². The lowest BCUT2D eigenvalue weighted by molar-refractivity contribution is -0.188. The number of nitrogens with one attached hydrogen (secondary N) is 2. The van der Waals surface area contributed by atoms with E-state index in [1.165, 1.54) is 0 Å². The van der Waals surface area contributed by atoms with E-state index in [2.05, 4.69) is 10.6 Å². The zero-order valence-electron chi connectivity index (χ0n) is 18.9. The topological polar surface area (TPSA) is 85.9 Å². The molecular weight excluding hydrogens is 408 g/mol. The number of hydrogen-bond donors (Lipinski definition) is 2. The Hall–Kier alpha value is -2.74. The number of carbonyl (C=O) groups is 2. The first-order chi connectivity index (χ1) is 15.2. The molecule has 0 radical (unpaired) electrons. The molecule has 32 heavy (non-hydrogen) atoms. The molecule has 3 atom stereocenters. The molecule has 0 aliphatic carbocycles. The monoisotopic (exact) mass is 438 g/mol. The fraction of sp³-hybridized carbons (Fsp3) is 0.440. The molecule has 2 heterocycles. The number of ether oxygens (including phenoxy) is 3. The first kappa shape index (κ1) is 22.5. The maximum atomic E-state index is 12.6. The van der Waals surface area contributed by atoms with E-state index in [1.807, 2.05) is 64.1 Å². The second-order valence-corrected chi connectivity index (χ2v) is 9.01. The SMILES string of the molecule is Cc1ccc(C(=O)NC[C@H]2OC[C@]3(CNC(=O)c4ccccc4)OC(C)(C)O[C@H]23)cc1C. The molecule has 2 saturated heterocycles. The number of amides is 2. The van der Waals surface area contributed by atoms with Gasteiger partial charge >= 0.3 is 0 Å². The maximum Gasteiger partial charge on any atom is 0.251 e. The Kier molecular flexibility index (Phi) is 6.07. The quantitative estimate of drug-likeness (QED) is 0.724. The molecular formula is C25H30N2O5. The van der Waals surface area contributed by atoms with Gasteiger partial charge in [-0.3, -0.25) is 9.59 Å². The second-order valence-electron chi connectivity index (χ2n) is 9.01. The van der Waals surface area contributed by atoms with Gasteiger partial charge < -0.3 is 24.8 Å². The van der Waals surface area contributed by atoms with Gasteiger partial charge in [-0.25, -0.2) is 0 Å². The molecule has 7 heteroatoms. The highest BCUT2D eigenvalue weighted by molar-refractivity contribution is 5.94. The minimum Gasteiger partial charge on any atom is -0.370 e. The van der Waals surface area contributed by atoms with Crippen LogP contribution in [0, 0.1) is 13.8 Å². The predicted octanol–water partition coefficient (Wildman–Crippen LogP) is 2.75. The van der Waals surface area contributed by atoms with Gasteiger partial charge in [-0.1, -0.05) is 24.3 Å². The Balaban J connectivity index is 1.41. The molecule has 0 spiro atoms. The highest BCUT2D eigenvalue weighted by Crippen LogP contribution is 2.43. The molecule has 2 N–H and O–H groups in total. The Morgan fingerprint density at radius 1 is 0.969 bits per heavy atom. The van der Waals surface area contributed by atoms with E-state index in [9.17, 15) is 9.59 Å². The van der Waals surface area contributed by atoms with Crippen LogP contribution in [-0.4, -0.2) is 55.1 Å². The van der Waals surface area contributed by atoms with Crippen molar-refractivity contribution in [1.82, 2.24) is 10.6 Å². The van der Waals surface area contributed by atoms with Crippen LogP contribution in [0.5, 0.6) is 0 Å². The zero-order chi connectivity index (χ0) is 22.9. The first-order valence-corrected chi connectivity index (χ1v) is 10.9. The van der Waals surface area contributed by atoms with Gasteiger partial charge in [0.2, 0.25) is 0 Å². The number of benzene rings is 2. The average Bonchev–Trinajstić information content (AvgIpc) is 3.23. The van der Waals surface area contributed by atoms with Crippen LogP contribution in [0.25, 0.3) is 0 Å². The fourth-order valence-electron chi connectivity index (χ4n) is 4.30. The van der Waals surface area contributed by atoms with Crippen molar-refractivity contribution >= 4 is 11.8 Å². The van der Waals surface area contributed by atoms with Gasteiger partial charge in [-0.2, -0.15) is 0 Å². The van der Waals surface area contributed by atoms with Crippen LogP contribution in [0.3, 0.4) is 0 Å².